The summed E-state index contributed by atoms with van der Waals surface area (Å²) in [5, 5.41) is -0.834. The highest BCUT2D eigenvalue weighted by atomic mass is 35.5. The zero-order valence-electron chi connectivity index (χ0n) is 7.36. The van der Waals surface area contributed by atoms with Crippen LogP contribution in [0.2, 0.25) is 5.02 Å². The zero-order chi connectivity index (χ0) is 12.5. The van der Waals surface area contributed by atoms with E-state index in [0.717, 1.165) is 0 Å². The van der Waals surface area contributed by atoms with Crippen molar-refractivity contribution in [1.82, 2.24) is 4.98 Å². The first-order valence-corrected chi connectivity index (χ1v) is 4.16. The van der Waals surface area contributed by atoms with Gasteiger partial charge in [0, 0.05) is 0 Å². The quantitative estimate of drug-likeness (QED) is 0.601. The van der Waals surface area contributed by atoms with Crippen molar-refractivity contribution in [2.24, 2.45) is 0 Å². The van der Waals surface area contributed by atoms with Gasteiger partial charge in [0.1, 0.15) is 5.69 Å². The van der Waals surface area contributed by atoms with Crippen molar-refractivity contribution in [2.75, 3.05) is 0 Å². The molecule has 1 aromatic rings. The molecule has 1 heterocycles. The monoisotopic (exact) mass is 259 g/mol. The first-order valence-electron chi connectivity index (χ1n) is 3.78. The zero-order valence-corrected chi connectivity index (χ0v) is 8.11. The fourth-order valence-corrected chi connectivity index (χ4v) is 1.31. The Morgan fingerprint density at radius 3 is 2.31 bits per heavy atom. The number of rotatable bonds is 2. The van der Waals surface area contributed by atoms with Crippen molar-refractivity contribution >= 4 is 17.9 Å². The highest BCUT2D eigenvalue weighted by molar-refractivity contribution is 6.31. The van der Waals surface area contributed by atoms with Crippen LogP contribution in [0.5, 0.6) is 0 Å². The van der Waals surface area contributed by atoms with Gasteiger partial charge < -0.3 is 0 Å². The number of nitrogens with zero attached hydrogens (tertiary/aromatic N) is 1. The van der Waals surface area contributed by atoms with Crippen LogP contribution >= 0.6 is 11.6 Å². The summed E-state index contributed by atoms with van der Waals surface area (Å²) in [6.07, 6.45) is -8.51. The molecule has 0 aliphatic rings. The number of aromatic nitrogens is 1. The molecular weight excluding hydrogens is 257 g/mol. The lowest BCUT2D eigenvalue weighted by Gasteiger charge is -2.13. The van der Waals surface area contributed by atoms with E-state index in [4.69, 9.17) is 11.6 Å². The van der Waals surface area contributed by atoms with Crippen LogP contribution in [0.1, 0.15) is 28.2 Å². The average molecular weight is 260 g/mol. The molecule has 0 aliphatic heterocycles. The Kier molecular flexibility index (Phi) is 3.47. The smallest absolute Gasteiger partial charge is 0.296 e. The lowest BCUT2D eigenvalue weighted by Crippen LogP contribution is -2.14. The summed E-state index contributed by atoms with van der Waals surface area (Å²) in [5.41, 5.74) is -3.90. The fourth-order valence-electron chi connectivity index (χ4n) is 1.03. The summed E-state index contributed by atoms with van der Waals surface area (Å²) in [6, 6.07) is 0.658. The normalized spacial score (nSPS) is 11.9. The molecule has 1 aromatic heterocycles. The Morgan fingerprint density at radius 2 is 1.94 bits per heavy atom. The van der Waals surface area contributed by atoms with E-state index < -0.39 is 34.6 Å². The van der Waals surface area contributed by atoms with Crippen LogP contribution in [-0.4, -0.2) is 11.3 Å². The third kappa shape index (κ3) is 2.46. The number of carbonyl (C=O) groups is 1. The molecule has 16 heavy (non-hydrogen) atoms. The van der Waals surface area contributed by atoms with Crippen molar-refractivity contribution in [3.05, 3.63) is 28.0 Å². The van der Waals surface area contributed by atoms with Crippen molar-refractivity contribution in [3.63, 3.8) is 0 Å². The molecule has 8 heteroatoms. The summed E-state index contributed by atoms with van der Waals surface area (Å²) in [7, 11) is 0. The van der Waals surface area contributed by atoms with Crippen LogP contribution in [0.25, 0.3) is 0 Å². The van der Waals surface area contributed by atoms with Crippen LogP contribution in [0.4, 0.5) is 22.0 Å². The van der Waals surface area contributed by atoms with Crippen molar-refractivity contribution in [3.8, 4) is 0 Å². The number of alkyl halides is 5. The Morgan fingerprint density at radius 1 is 1.38 bits per heavy atom. The molecule has 0 N–H and O–H groups in total. The summed E-state index contributed by atoms with van der Waals surface area (Å²) in [6.45, 7) is 0. The Balaban J connectivity index is 3.53. The van der Waals surface area contributed by atoms with Crippen LogP contribution in [0.15, 0.2) is 6.07 Å². The number of pyridine rings is 1. The second-order valence-corrected chi connectivity index (χ2v) is 3.11. The second-order valence-electron chi connectivity index (χ2n) is 2.71. The van der Waals surface area contributed by atoms with Crippen LogP contribution in [0, 0.1) is 0 Å². The van der Waals surface area contributed by atoms with Crippen molar-refractivity contribution in [1.29, 1.82) is 0 Å². The van der Waals surface area contributed by atoms with Crippen LogP contribution in [0.3, 0.4) is 0 Å². The third-order valence-corrected chi connectivity index (χ3v) is 1.95. The molecule has 88 valence electrons. The lowest BCUT2D eigenvalue weighted by atomic mass is 10.1. The topological polar surface area (TPSA) is 30.0 Å². The number of halogens is 6. The molecule has 2 nitrogen and oxygen atoms in total. The summed E-state index contributed by atoms with van der Waals surface area (Å²) >= 11 is 5.24. The molecule has 0 aromatic carbocycles. The minimum absolute atomic E-state index is 0.00360. The maximum Gasteiger partial charge on any atom is 0.433 e. The van der Waals surface area contributed by atoms with Gasteiger partial charge in [-0.05, 0) is 6.07 Å². The molecule has 0 saturated carbocycles. The van der Waals surface area contributed by atoms with E-state index in [2.05, 4.69) is 4.98 Å². The molecule has 0 atom stereocenters. The average Bonchev–Trinajstić information content (AvgIpc) is 2.14. The van der Waals surface area contributed by atoms with Gasteiger partial charge >= 0.3 is 6.18 Å². The van der Waals surface area contributed by atoms with E-state index in [-0.39, 0.29) is 6.29 Å². The molecule has 0 fully saturated rings. The van der Waals surface area contributed by atoms with E-state index in [1.54, 1.807) is 0 Å². The minimum Gasteiger partial charge on any atom is -0.296 e. The van der Waals surface area contributed by atoms with E-state index in [9.17, 15) is 26.7 Å². The molecule has 0 unspecified atom stereocenters. The molecule has 0 radical (unpaired) electrons. The van der Waals surface area contributed by atoms with E-state index in [0.29, 0.717) is 6.07 Å². The summed E-state index contributed by atoms with van der Waals surface area (Å²) in [4.78, 5) is 13.0. The molecule has 0 bridgehead atoms. The number of hydrogen-bond donors (Lipinski definition) is 0. The highest BCUT2D eigenvalue weighted by Gasteiger charge is 2.39. The van der Waals surface area contributed by atoms with Gasteiger partial charge in [0.15, 0.2) is 12.0 Å². The minimum atomic E-state index is -5.09. The van der Waals surface area contributed by atoms with Gasteiger partial charge in [-0.3, -0.25) is 4.79 Å². The number of hydrogen-bond acceptors (Lipinski definition) is 2. The standard InChI is InChI=1S/C8H3ClF5NO/c9-4-1-3(2-16)15-6(8(12,13)14)5(4)7(10)11/h1-2,7H. The lowest BCUT2D eigenvalue weighted by molar-refractivity contribution is -0.143. The Hall–Kier alpha value is -1.24. The first-order chi connectivity index (χ1) is 7.27. The highest BCUT2D eigenvalue weighted by Crippen LogP contribution is 2.38. The predicted molar refractivity (Wildman–Crippen MR) is 44.6 cm³/mol. The van der Waals surface area contributed by atoms with Gasteiger partial charge in [0.2, 0.25) is 0 Å². The second kappa shape index (κ2) is 4.32. The van der Waals surface area contributed by atoms with Crippen LogP contribution < -0.4 is 0 Å². The van der Waals surface area contributed by atoms with Gasteiger partial charge in [-0.2, -0.15) is 13.2 Å². The van der Waals surface area contributed by atoms with Crippen LogP contribution in [-0.2, 0) is 6.18 Å². The van der Waals surface area contributed by atoms with E-state index in [1.807, 2.05) is 0 Å². The molecule has 0 saturated heterocycles. The molecule has 0 aliphatic carbocycles. The molecule has 0 spiro atoms. The SMILES string of the molecule is O=Cc1cc(Cl)c(C(F)F)c(C(F)(F)F)n1. The van der Waals surface area contributed by atoms with E-state index in [1.165, 1.54) is 0 Å². The van der Waals surface area contributed by atoms with Gasteiger partial charge in [-0.15, -0.1) is 0 Å². The van der Waals surface area contributed by atoms with E-state index >= 15 is 0 Å². The predicted octanol–water partition coefficient (Wildman–Crippen LogP) is 3.50. The Bertz CT molecular complexity index is 418. The van der Waals surface area contributed by atoms with Gasteiger partial charge in [0.25, 0.3) is 6.43 Å². The Labute approximate surface area is 91.0 Å². The number of aldehydes is 1. The van der Waals surface area contributed by atoms with Gasteiger partial charge in [0.05, 0.1) is 10.6 Å². The van der Waals surface area contributed by atoms with Gasteiger partial charge in [-0.1, -0.05) is 11.6 Å². The molecule has 0 amide bonds. The van der Waals surface area contributed by atoms with Gasteiger partial charge in [-0.25, -0.2) is 13.8 Å². The molecular formula is C8H3ClF5NO. The molecule has 1 rings (SSSR count). The third-order valence-electron chi connectivity index (χ3n) is 1.64. The summed E-state index contributed by atoms with van der Waals surface area (Å²) < 4.78 is 61.7. The summed E-state index contributed by atoms with van der Waals surface area (Å²) in [5.74, 6) is 0. The first kappa shape index (κ1) is 12.8. The maximum absolute atomic E-state index is 12.3. The van der Waals surface area contributed by atoms with Crippen molar-refractivity contribution < 1.29 is 26.7 Å². The fraction of sp³-hybridized carbons (Fsp3) is 0.250. The number of carbonyl (C=O) groups excluding carboxylic acids is 1. The maximum atomic E-state index is 12.3. The van der Waals surface area contributed by atoms with Crippen molar-refractivity contribution in [2.45, 2.75) is 12.6 Å². The largest absolute Gasteiger partial charge is 0.433 e.